The van der Waals surface area contributed by atoms with Crippen molar-refractivity contribution in [1.29, 1.82) is 0 Å². The summed E-state index contributed by atoms with van der Waals surface area (Å²) in [5.41, 5.74) is 6.92. The summed E-state index contributed by atoms with van der Waals surface area (Å²) in [5, 5.41) is 7.63. The minimum Gasteiger partial charge on any atom is -0.398 e. The first-order valence-corrected chi connectivity index (χ1v) is 7.57. The molecule has 3 N–H and O–H groups in total. The first-order chi connectivity index (χ1) is 9.40. The standard InChI is InChI=1S/C12H17N5O2S/c1-9-3-4-11(10(13)7-9)20(18,19)15-6-5-12-16-14-8-17(12)2/h3-4,7-8,15H,5-6,13H2,1-2H3. The molecule has 0 amide bonds. The Kier molecular flexibility index (Phi) is 4.05. The summed E-state index contributed by atoms with van der Waals surface area (Å²) >= 11 is 0. The molecule has 0 aliphatic carbocycles. The molecule has 108 valence electrons. The number of anilines is 1. The van der Waals surface area contributed by atoms with Gasteiger partial charge in [-0.3, -0.25) is 0 Å². The maximum Gasteiger partial charge on any atom is 0.242 e. The van der Waals surface area contributed by atoms with E-state index >= 15 is 0 Å². The van der Waals surface area contributed by atoms with Crippen molar-refractivity contribution in [1.82, 2.24) is 19.5 Å². The third-order valence-electron chi connectivity index (χ3n) is 2.90. The lowest BCUT2D eigenvalue weighted by atomic mass is 10.2. The molecule has 1 aromatic heterocycles. The molecule has 0 radical (unpaired) electrons. The number of aryl methyl sites for hydroxylation is 2. The molecule has 7 nitrogen and oxygen atoms in total. The molecule has 0 unspecified atom stereocenters. The van der Waals surface area contributed by atoms with Gasteiger partial charge in [0.15, 0.2) is 0 Å². The van der Waals surface area contributed by atoms with Crippen molar-refractivity contribution in [3.05, 3.63) is 35.9 Å². The average Bonchev–Trinajstić information content (AvgIpc) is 2.74. The third-order valence-corrected chi connectivity index (χ3v) is 4.44. The Morgan fingerprint density at radius 2 is 2.15 bits per heavy atom. The lowest BCUT2D eigenvalue weighted by molar-refractivity contribution is 0.580. The van der Waals surface area contributed by atoms with Crippen LogP contribution < -0.4 is 10.5 Å². The lowest BCUT2D eigenvalue weighted by Gasteiger charge is -2.09. The number of hydrogen-bond donors (Lipinski definition) is 2. The summed E-state index contributed by atoms with van der Waals surface area (Å²) < 4.78 is 28.5. The second-order valence-corrected chi connectivity index (χ2v) is 6.28. The molecule has 0 spiro atoms. The zero-order valence-electron chi connectivity index (χ0n) is 11.4. The topological polar surface area (TPSA) is 103 Å². The molecule has 8 heteroatoms. The van der Waals surface area contributed by atoms with Gasteiger partial charge in [0.2, 0.25) is 10.0 Å². The largest absolute Gasteiger partial charge is 0.398 e. The molecule has 1 heterocycles. The van der Waals surface area contributed by atoms with Crippen molar-refractivity contribution in [3.63, 3.8) is 0 Å². The van der Waals surface area contributed by atoms with Crippen LogP contribution in [-0.4, -0.2) is 29.7 Å². The Balaban J connectivity index is 2.06. The normalized spacial score (nSPS) is 11.7. The number of aromatic nitrogens is 3. The number of sulfonamides is 1. The summed E-state index contributed by atoms with van der Waals surface area (Å²) in [4.78, 5) is 0.0982. The van der Waals surface area contributed by atoms with Crippen LogP contribution in [0.2, 0.25) is 0 Å². The molecule has 0 saturated heterocycles. The summed E-state index contributed by atoms with van der Waals surface area (Å²) in [6.07, 6.45) is 2.03. The fourth-order valence-corrected chi connectivity index (χ4v) is 2.96. The first kappa shape index (κ1) is 14.5. The van der Waals surface area contributed by atoms with Gasteiger partial charge in [-0.1, -0.05) is 6.07 Å². The maximum atomic E-state index is 12.1. The second-order valence-electron chi connectivity index (χ2n) is 4.55. The molecular weight excluding hydrogens is 278 g/mol. The molecule has 2 rings (SSSR count). The van der Waals surface area contributed by atoms with Gasteiger partial charge in [0, 0.05) is 20.0 Å². The van der Waals surface area contributed by atoms with E-state index in [4.69, 9.17) is 5.73 Å². The number of rotatable bonds is 5. The summed E-state index contributed by atoms with van der Waals surface area (Å²) in [5.74, 6) is 0.713. The predicted octanol–water partition coefficient (Wildman–Crippen LogP) is 0.227. The van der Waals surface area contributed by atoms with Gasteiger partial charge >= 0.3 is 0 Å². The highest BCUT2D eigenvalue weighted by molar-refractivity contribution is 7.89. The van der Waals surface area contributed by atoms with Gasteiger partial charge in [0.05, 0.1) is 5.69 Å². The van der Waals surface area contributed by atoms with Crippen molar-refractivity contribution >= 4 is 15.7 Å². The van der Waals surface area contributed by atoms with Crippen molar-refractivity contribution < 1.29 is 8.42 Å². The summed E-state index contributed by atoms with van der Waals surface area (Å²) in [7, 11) is -1.80. The third kappa shape index (κ3) is 3.14. The Morgan fingerprint density at radius 1 is 1.40 bits per heavy atom. The molecule has 0 saturated carbocycles. The van der Waals surface area contributed by atoms with Gasteiger partial charge in [-0.05, 0) is 24.6 Å². The fourth-order valence-electron chi connectivity index (χ4n) is 1.82. The quantitative estimate of drug-likeness (QED) is 0.768. The monoisotopic (exact) mass is 295 g/mol. The Bertz CT molecular complexity index is 708. The van der Waals surface area contributed by atoms with Crippen molar-refractivity contribution in [2.45, 2.75) is 18.2 Å². The summed E-state index contributed by atoms with van der Waals surface area (Å²) in [6.45, 7) is 2.09. The number of nitrogens with zero attached hydrogens (tertiary/aromatic N) is 3. The highest BCUT2D eigenvalue weighted by atomic mass is 32.2. The van der Waals surface area contributed by atoms with Crippen molar-refractivity contribution in [2.75, 3.05) is 12.3 Å². The molecule has 0 aliphatic heterocycles. The number of nitrogen functional groups attached to an aromatic ring is 1. The highest BCUT2D eigenvalue weighted by Gasteiger charge is 2.17. The van der Waals surface area contributed by atoms with E-state index in [0.29, 0.717) is 12.2 Å². The molecule has 0 atom stereocenters. The van der Waals surface area contributed by atoms with Crippen LogP contribution in [0.25, 0.3) is 0 Å². The van der Waals surface area contributed by atoms with Crippen LogP contribution in [-0.2, 0) is 23.5 Å². The number of nitrogens with two attached hydrogens (primary N) is 1. The highest BCUT2D eigenvalue weighted by Crippen LogP contribution is 2.19. The van der Waals surface area contributed by atoms with Crippen LogP contribution in [0.4, 0.5) is 5.69 Å². The zero-order chi connectivity index (χ0) is 14.8. The molecule has 0 aliphatic rings. The van der Waals surface area contributed by atoms with Gasteiger partial charge in [0.25, 0.3) is 0 Å². The minimum absolute atomic E-state index is 0.0982. The van der Waals surface area contributed by atoms with E-state index < -0.39 is 10.0 Å². The van der Waals surface area contributed by atoms with Crippen LogP contribution in [0.15, 0.2) is 29.4 Å². The number of hydrogen-bond acceptors (Lipinski definition) is 5. The van der Waals surface area contributed by atoms with E-state index in [0.717, 1.165) is 5.56 Å². The van der Waals surface area contributed by atoms with Crippen LogP contribution in [0.3, 0.4) is 0 Å². The first-order valence-electron chi connectivity index (χ1n) is 6.09. The molecule has 1 aromatic carbocycles. The van der Waals surface area contributed by atoms with Crippen molar-refractivity contribution in [2.24, 2.45) is 7.05 Å². The Morgan fingerprint density at radius 3 is 2.75 bits per heavy atom. The van der Waals surface area contributed by atoms with E-state index in [1.807, 2.05) is 14.0 Å². The maximum absolute atomic E-state index is 12.1. The SMILES string of the molecule is Cc1ccc(S(=O)(=O)NCCc2nncn2C)c(N)c1. The van der Waals surface area contributed by atoms with E-state index in [1.54, 1.807) is 23.0 Å². The molecule has 0 fully saturated rings. The van der Waals surface area contributed by atoms with E-state index in [9.17, 15) is 8.42 Å². The van der Waals surface area contributed by atoms with Crippen molar-refractivity contribution in [3.8, 4) is 0 Å². The van der Waals surface area contributed by atoms with Crippen LogP contribution in [0.1, 0.15) is 11.4 Å². The van der Waals surface area contributed by atoms with Crippen LogP contribution >= 0.6 is 0 Å². The average molecular weight is 295 g/mol. The van der Waals surface area contributed by atoms with Crippen LogP contribution in [0.5, 0.6) is 0 Å². The molecule has 20 heavy (non-hydrogen) atoms. The van der Waals surface area contributed by atoms with Gasteiger partial charge in [0.1, 0.15) is 17.0 Å². The lowest BCUT2D eigenvalue weighted by Crippen LogP contribution is -2.27. The Hall–Kier alpha value is -1.93. The Labute approximate surface area is 117 Å². The minimum atomic E-state index is -3.61. The number of nitrogens with one attached hydrogen (secondary N) is 1. The predicted molar refractivity (Wildman–Crippen MR) is 75.5 cm³/mol. The summed E-state index contributed by atoms with van der Waals surface area (Å²) in [6, 6.07) is 4.86. The zero-order valence-corrected chi connectivity index (χ0v) is 12.2. The molecule has 0 bridgehead atoms. The fraction of sp³-hybridized carbons (Fsp3) is 0.333. The number of benzene rings is 1. The van der Waals surface area contributed by atoms with E-state index in [-0.39, 0.29) is 17.1 Å². The molecular formula is C12H17N5O2S. The smallest absolute Gasteiger partial charge is 0.242 e. The van der Waals surface area contributed by atoms with Gasteiger partial charge < -0.3 is 10.3 Å². The van der Waals surface area contributed by atoms with Gasteiger partial charge in [-0.15, -0.1) is 10.2 Å². The van der Waals surface area contributed by atoms with Gasteiger partial charge in [-0.2, -0.15) is 0 Å². The van der Waals surface area contributed by atoms with Crippen LogP contribution in [0, 0.1) is 6.92 Å². The van der Waals surface area contributed by atoms with E-state index in [1.165, 1.54) is 6.07 Å². The second kappa shape index (κ2) is 5.59. The molecule has 2 aromatic rings. The van der Waals surface area contributed by atoms with E-state index in [2.05, 4.69) is 14.9 Å². The van der Waals surface area contributed by atoms with Gasteiger partial charge in [-0.25, -0.2) is 13.1 Å².